The molecule has 22 heavy (non-hydrogen) atoms. The van der Waals surface area contributed by atoms with Gasteiger partial charge in [0.25, 0.3) is 5.91 Å². The second kappa shape index (κ2) is 9.66. The molecule has 5 nitrogen and oxygen atoms in total. The van der Waals surface area contributed by atoms with Crippen molar-refractivity contribution < 1.29 is 14.3 Å². The van der Waals surface area contributed by atoms with Gasteiger partial charge in [0.2, 0.25) is 0 Å². The van der Waals surface area contributed by atoms with Gasteiger partial charge in [-0.25, -0.2) is 0 Å². The van der Waals surface area contributed by atoms with Gasteiger partial charge in [-0.1, -0.05) is 6.07 Å². The van der Waals surface area contributed by atoms with Gasteiger partial charge in [0, 0.05) is 25.3 Å². The summed E-state index contributed by atoms with van der Waals surface area (Å²) in [6.07, 6.45) is 2.93. The van der Waals surface area contributed by atoms with E-state index in [0.29, 0.717) is 24.5 Å². The molecule has 1 aromatic rings. The Morgan fingerprint density at radius 2 is 2.09 bits per heavy atom. The van der Waals surface area contributed by atoms with Gasteiger partial charge >= 0.3 is 0 Å². The van der Waals surface area contributed by atoms with Crippen molar-refractivity contribution in [3.63, 3.8) is 0 Å². The van der Waals surface area contributed by atoms with Crippen LogP contribution in [0.1, 0.15) is 29.6 Å². The Kier molecular flexibility index (Phi) is 8.24. The van der Waals surface area contributed by atoms with Crippen LogP contribution in [0.3, 0.4) is 0 Å². The van der Waals surface area contributed by atoms with E-state index in [2.05, 4.69) is 0 Å². The van der Waals surface area contributed by atoms with Crippen molar-refractivity contribution in [1.29, 1.82) is 0 Å². The molecule has 6 heteroatoms. The second-order valence-electron chi connectivity index (χ2n) is 5.24. The number of nitrogens with two attached hydrogens (primary N) is 1. The van der Waals surface area contributed by atoms with Crippen LogP contribution >= 0.6 is 12.4 Å². The molecule has 1 fully saturated rings. The second-order valence-corrected chi connectivity index (χ2v) is 5.24. The third-order valence-electron chi connectivity index (χ3n) is 3.75. The predicted octanol–water partition coefficient (Wildman–Crippen LogP) is 2.09. The van der Waals surface area contributed by atoms with Crippen LogP contribution in [-0.4, -0.2) is 50.3 Å². The number of methoxy groups -OCH3 is 1. The predicted molar refractivity (Wildman–Crippen MR) is 88.8 cm³/mol. The number of rotatable bonds is 6. The van der Waals surface area contributed by atoms with Crippen LogP contribution < -0.4 is 10.5 Å². The maximum atomic E-state index is 12.4. The summed E-state index contributed by atoms with van der Waals surface area (Å²) in [4.78, 5) is 14.3. The zero-order chi connectivity index (χ0) is 15.1. The molecule has 0 aliphatic carbocycles. The van der Waals surface area contributed by atoms with Crippen LogP contribution in [0, 0.1) is 0 Å². The number of hydrogen-bond acceptors (Lipinski definition) is 4. The molecule has 1 aliphatic heterocycles. The summed E-state index contributed by atoms with van der Waals surface area (Å²) in [5.41, 5.74) is 6.13. The first-order chi connectivity index (χ1) is 10.2. The van der Waals surface area contributed by atoms with Gasteiger partial charge in [-0.3, -0.25) is 4.79 Å². The van der Waals surface area contributed by atoms with E-state index in [1.807, 2.05) is 23.1 Å². The molecule has 0 radical (unpaired) electrons. The summed E-state index contributed by atoms with van der Waals surface area (Å²) in [6.45, 7) is 2.85. The normalized spacial score (nSPS) is 15.3. The van der Waals surface area contributed by atoms with E-state index in [0.717, 1.165) is 32.4 Å². The summed E-state index contributed by atoms with van der Waals surface area (Å²) in [5, 5.41) is 0. The third-order valence-corrected chi connectivity index (χ3v) is 3.75. The van der Waals surface area contributed by atoms with Crippen molar-refractivity contribution in [3.05, 3.63) is 29.8 Å². The summed E-state index contributed by atoms with van der Waals surface area (Å²) in [7, 11) is 1.60. The quantitative estimate of drug-likeness (QED) is 0.812. The van der Waals surface area contributed by atoms with Crippen LogP contribution in [0.25, 0.3) is 0 Å². The smallest absolute Gasteiger partial charge is 0.253 e. The van der Waals surface area contributed by atoms with E-state index in [1.165, 1.54) is 0 Å². The molecule has 1 saturated heterocycles. The monoisotopic (exact) mass is 328 g/mol. The Morgan fingerprint density at radius 3 is 2.73 bits per heavy atom. The Bertz CT molecular complexity index is 462. The van der Waals surface area contributed by atoms with Crippen LogP contribution in [0.5, 0.6) is 5.75 Å². The number of piperidine rings is 1. The fourth-order valence-electron chi connectivity index (χ4n) is 2.50. The fourth-order valence-corrected chi connectivity index (χ4v) is 2.50. The molecule has 1 heterocycles. The number of nitrogens with zero attached hydrogens (tertiary/aromatic N) is 1. The number of amides is 1. The number of carbonyl (C=O) groups excluding carboxylic acids is 1. The van der Waals surface area contributed by atoms with E-state index >= 15 is 0 Å². The van der Waals surface area contributed by atoms with Gasteiger partial charge in [0.1, 0.15) is 5.75 Å². The lowest BCUT2D eigenvalue weighted by atomic mass is 10.1. The summed E-state index contributed by atoms with van der Waals surface area (Å²) in [6, 6.07) is 7.30. The Hall–Kier alpha value is -1.30. The van der Waals surface area contributed by atoms with E-state index in [4.69, 9.17) is 15.2 Å². The lowest BCUT2D eigenvalue weighted by Gasteiger charge is -2.32. The molecule has 1 amide bonds. The largest absolute Gasteiger partial charge is 0.497 e. The van der Waals surface area contributed by atoms with Crippen LogP contribution in [0.4, 0.5) is 0 Å². The zero-order valence-electron chi connectivity index (χ0n) is 13.0. The molecule has 124 valence electrons. The lowest BCUT2D eigenvalue weighted by Crippen LogP contribution is -2.41. The summed E-state index contributed by atoms with van der Waals surface area (Å²) >= 11 is 0. The van der Waals surface area contributed by atoms with E-state index < -0.39 is 0 Å². The van der Waals surface area contributed by atoms with E-state index in [9.17, 15) is 4.79 Å². The molecule has 0 bridgehead atoms. The van der Waals surface area contributed by atoms with Crippen molar-refractivity contribution in [3.8, 4) is 5.75 Å². The van der Waals surface area contributed by atoms with Crippen LogP contribution in [0.2, 0.25) is 0 Å². The highest BCUT2D eigenvalue weighted by Gasteiger charge is 2.24. The first kappa shape index (κ1) is 18.7. The minimum atomic E-state index is 0. The molecule has 0 saturated carbocycles. The highest BCUT2D eigenvalue weighted by atomic mass is 35.5. The fraction of sp³-hybridized carbons (Fsp3) is 0.562. The Labute approximate surface area is 138 Å². The number of likely N-dealkylation sites (tertiary alicyclic amines) is 1. The average molecular weight is 329 g/mol. The first-order valence-corrected chi connectivity index (χ1v) is 7.49. The Morgan fingerprint density at radius 1 is 1.36 bits per heavy atom. The summed E-state index contributed by atoms with van der Waals surface area (Å²) in [5.74, 6) is 0.773. The molecule has 2 rings (SSSR count). The van der Waals surface area contributed by atoms with Crippen LogP contribution in [0.15, 0.2) is 24.3 Å². The van der Waals surface area contributed by atoms with Crippen molar-refractivity contribution in [2.24, 2.45) is 5.73 Å². The third kappa shape index (κ3) is 5.16. The first-order valence-electron chi connectivity index (χ1n) is 7.49. The van der Waals surface area contributed by atoms with Gasteiger partial charge in [-0.15, -0.1) is 12.4 Å². The number of carbonyl (C=O) groups is 1. The molecular formula is C16H25ClN2O3. The number of halogens is 1. The minimum absolute atomic E-state index is 0. The van der Waals surface area contributed by atoms with Gasteiger partial charge < -0.3 is 20.1 Å². The molecule has 1 aromatic carbocycles. The van der Waals surface area contributed by atoms with Gasteiger partial charge in [-0.2, -0.15) is 0 Å². The Balaban J connectivity index is 0.00000242. The van der Waals surface area contributed by atoms with Gasteiger partial charge in [0.15, 0.2) is 0 Å². The van der Waals surface area contributed by atoms with Crippen molar-refractivity contribution in [2.75, 3.05) is 33.4 Å². The van der Waals surface area contributed by atoms with E-state index in [1.54, 1.807) is 13.2 Å². The molecule has 0 aromatic heterocycles. The molecule has 0 spiro atoms. The maximum absolute atomic E-state index is 12.4. The molecule has 1 aliphatic rings. The zero-order valence-corrected chi connectivity index (χ0v) is 13.8. The number of ether oxygens (including phenoxy) is 2. The molecule has 0 unspecified atom stereocenters. The number of hydrogen-bond donors (Lipinski definition) is 1. The number of benzene rings is 1. The van der Waals surface area contributed by atoms with Gasteiger partial charge in [0.05, 0.1) is 13.2 Å². The standard InChI is InChI=1S/C16H24N2O3.ClH/c1-20-15-5-2-4-13(12-15)16(19)18-9-6-14(7-10-18)21-11-3-8-17;/h2,4-5,12,14H,3,6-11,17H2,1H3;1H. The van der Waals surface area contributed by atoms with Crippen LogP contribution in [-0.2, 0) is 4.74 Å². The van der Waals surface area contributed by atoms with Crippen molar-refractivity contribution in [1.82, 2.24) is 4.90 Å². The molecular weight excluding hydrogens is 304 g/mol. The SMILES string of the molecule is COc1cccc(C(=O)N2CCC(OCCCN)CC2)c1.Cl. The minimum Gasteiger partial charge on any atom is -0.497 e. The molecule has 0 atom stereocenters. The van der Waals surface area contributed by atoms with Crippen molar-refractivity contribution in [2.45, 2.75) is 25.4 Å². The lowest BCUT2D eigenvalue weighted by molar-refractivity contribution is 0.00844. The highest BCUT2D eigenvalue weighted by Crippen LogP contribution is 2.19. The van der Waals surface area contributed by atoms with Crippen molar-refractivity contribution >= 4 is 18.3 Å². The van der Waals surface area contributed by atoms with E-state index in [-0.39, 0.29) is 24.4 Å². The van der Waals surface area contributed by atoms with Gasteiger partial charge in [-0.05, 0) is 44.0 Å². The molecule has 2 N–H and O–H groups in total. The summed E-state index contributed by atoms with van der Waals surface area (Å²) < 4.78 is 10.9. The highest BCUT2D eigenvalue weighted by molar-refractivity contribution is 5.94. The maximum Gasteiger partial charge on any atom is 0.253 e. The topological polar surface area (TPSA) is 64.8 Å². The average Bonchev–Trinajstić information content (AvgIpc) is 2.55.